The summed E-state index contributed by atoms with van der Waals surface area (Å²) in [6.45, 7) is 0. The van der Waals surface area contributed by atoms with E-state index in [9.17, 15) is 0 Å². The number of nitrogens with zero attached hydrogens (tertiary/aromatic N) is 5. The lowest BCUT2D eigenvalue weighted by molar-refractivity contribution is 0.979. The molecule has 12 rings (SSSR count). The van der Waals surface area contributed by atoms with E-state index in [1.807, 2.05) is 0 Å². The third-order valence-corrected chi connectivity index (χ3v) is 12.2. The molecule has 3 aromatic heterocycles. The number of fused-ring (bicyclic) bond motifs is 7. The summed E-state index contributed by atoms with van der Waals surface area (Å²) in [6, 6.07) is 69.3. The topological polar surface area (TPSA) is 38.9 Å². The van der Waals surface area contributed by atoms with Crippen LogP contribution in [0.2, 0.25) is 0 Å². The molecule has 0 amide bonds. The summed E-state index contributed by atoms with van der Waals surface area (Å²) in [5.74, 6) is 0.717. The number of hydrogen-bond acceptors (Lipinski definition) is 3. The molecule has 0 N–H and O–H groups in total. The Balaban J connectivity index is 0.962. The Kier molecular flexibility index (Phi) is 8.23. The predicted octanol–water partition coefficient (Wildman–Crippen LogP) is 14.8. The monoisotopic (exact) mass is 781 g/mol. The van der Waals surface area contributed by atoms with Gasteiger partial charge in [0.1, 0.15) is 0 Å². The number of aromatic nitrogens is 4. The fraction of sp³-hybridized carbons (Fsp3) is 0.0357. The highest BCUT2D eigenvalue weighted by atomic mass is 15.1. The van der Waals surface area contributed by atoms with Crippen LogP contribution in [0.1, 0.15) is 12.8 Å². The lowest BCUT2D eigenvalue weighted by atomic mass is 10.0. The van der Waals surface area contributed by atoms with E-state index in [1.165, 1.54) is 38.3 Å². The van der Waals surface area contributed by atoms with Gasteiger partial charge in [-0.3, -0.25) is 0 Å². The van der Waals surface area contributed by atoms with Gasteiger partial charge in [0.15, 0.2) is 5.82 Å². The van der Waals surface area contributed by atoms with Crippen molar-refractivity contribution < 1.29 is 0 Å². The summed E-state index contributed by atoms with van der Waals surface area (Å²) in [7, 11) is 0. The second-order valence-electron chi connectivity index (χ2n) is 15.7. The van der Waals surface area contributed by atoms with Crippen LogP contribution >= 0.6 is 0 Å². The average molecular weight is 782 g/mol. The Morgan fingerprint density at radius 1 is 0.426 bits per heavy atom. The summed E-state index contributed by atoms with van der Waals surface area (Å²) in [5, 5.41) is 5.88. The zero-order chi connectivity index (χ0) is 40.3. The molecule has 0 bridgehead atoms. The van der Waals surface area contributed by atoms with Gasteiger partial charge in [0, 0.05) is 66.5 Å². The van der Waals surface area contributed by atoms with Crippen LogP contribution < -0.4 is 4.90 Å². The maximum Gasteiger partial charge on any atom is 0.160 e. The van der Waals surface area contributed by atoms with E-state index >= 15 is 0 Å². The summed E-state index contributed by atoms with van der Waals surface area (Å²) in [5.41, 5.74) is 14.4. The highest BCUT2D eigenvalue weighted by Crippen LogP contribution is 2.41. The van der Waals surface area contributed by atoms with E-state index in [-0.39, 0.29) is 0 Å². The summed E-state index contributed by atoms with van der Waals surface area (Å²) >= 11 is 0. The molecule has 0 unspecified atom stereocenters. The summed E-state index contributed by atoms with van der Waals surface area (Å²) in [4.78, 5) is 12.8. The van der Waals surface area contributed by atoms with Crippen molar-refractivity contribution in [2.45, 2.75) is 12.8 Å². The maximum atomic E-state index is 5.34. The molecule has 1 aliphatic carbocycles. The Bertz CT molecular complexity index is 3480. The Hall–Kier alpha value is -8.02. The molecule has 8 aromatic carbocycles. The molecular weight excluding hydrogens is 743 g/mol. The van der Waals surface area contributed by atoms with Gasteiger partial charge in [-0.1, -0.05) is 115 Å². The quantitative estimate of drug-likeness (QED) is 0.162. The molecule has 11 aromatic rings. The molecule has 61 heavy (non-hydrogen) atoms. The minimum absolute atomic E-state index is 0.717. The van der Waals surface area contributed by atoms with Crippen molar-refractivity contribution >= 4 is 77.3 Å². The Labute approximate surface area is 353 Å². The maximum absolute atomic E-state index is 5.34. The SMILES string of the molecule is C1=CCCC(n2c3ccccc3c3cc(-c4nc(-c5ccc(-n6c7ccccc7c7cc(N(c8ccccc8)c8ccccc8)ccc76)cc5)c5ccccc5n4)ccc32)=C1. The highest BCUT2D eigenvalue weighted by Gasteiger charge is 2.20. The van der Waals surface area contributed by atoms with Crippen molar-refractivity contribution in [1.29, 1.82) is 0 Å². The lowest BCUT2D eigenvalue weighted by Crippen LogP contribution is -2.09. The number of benzene rings is 8. The van der Waals surface area contributed by atoms with Crippen LogP contribution in [0.3, 0.4) is 0 Å². The van der Waals surface area contributed by atoms with Crippen LogP contribution in [-0.4, -0.2) is 19.1 Å². The number of rotatable bonds is 7. The second-order valence-corrected chi connectivity index (χ2v) is 15.7. The van der Waals surface area contributed by atoms with Crippen molar-refractivity contribution in [3.63, 3.8) is 0 Å². The first-order valence-electron chi connectivity index (χ1n) is 21.0. The predicted molar refractivity (Wildman–Crippen MR) is 255 cm³/mol. The fourth-order valence-corrected chi connectivity index (χ4v) is 9.37. The molecule has 3 heterocycles. The van der Waals surface area contributed by atoms with Gasteiger partial charge < -0.3 is 14.0 Å². The van der Waals surface area contributed by atoms with E-state index in [1.54, 1.807) is 0 Å². The zero-order valence-corrected chi connectivity index (χ0v) is 33.4. The standard InChI is InChI=1S/C56H39N5/c1-4-16-40(17-5-1)59(41-18-6-2-7-19-41)44-33-35-54-49(37-44)46-23-12-15-27-52(46)61(54)43-31-28-38(29-32-43)55-47-24-10-13-25-50(47)57-56(58-55)39-30-34-53-48(36-39)45-22-11-14-26-51(45)60(53)42-20-8-3-9-21-42/h1-8,10-20,22-37H,9,21H2. The number of allylic oxidation sites excluding steroid dienone is 4. The third kappa shape index (κ3) is 5.85. The van der Waals surface area contributed by atoms with Crippen LogP contribution in [0.15, 0.2) is 212 Å². The van der Waals surface area contributed by atoms with Gasteiger partial charge in [0.2, 0.25) is 0 Å². The van der Waals surface area contributed by atoms with Gasteiger partial charge in [-0.05, 0) is 110 Å². The smallest absolute Gasteiger partial charge is 0.160 e. The molecule has 1 aliphatic rings. The van der Waals surface area contributed by atoms with E-state index < -0.39 is 0 Å². The zero-order valence-electron chi connectivity index (χ0n) is 33.4. The van der Waals surface area contributed by atoms with Gasteiger partial charge in [0.25, 0.3) is 0 Å². The molecule has 0 atom stereocenters. The minimum atomic E-state index is 0.717. The van der Waals surface area contributed by atoms with E-state index in [0.29, 0.717) is 0 Å². The first kappa shape index (κ1) is 35.0. The molecule has 5 heteroatoms. The molecule has 0 radical (unpaired) electrons. The molecule has 0 saturated carbocycles. The highest BCUT2D eigenvalue weighted by molar-refractivity contribution is 6.12. The summed E-state index contributed by atoms with van der Waals surface area (Å²) < 4.78 is 4.80. The second kappa shape index (κ2) is 14.4. The number of hydrogen-bond donors (Lipinski definition) is 0. The van der Waals surface area contributed by atoms with Gasteiger partial charge >= 0.3 is 0 Å². The van der Waals surface area contributed by atoms with Crippen molar-refractivity contribution in [3.05, 3.63) is 212 Å². The van der Waals surface area contributed by atoms with Crippen LogP contribution in [-0.2, 0) is 0 Å². The Morgan fingerprint density at radius 3 is 1.70 bits per heavy atom. The molecule has 0 saturated heterocycles. The number of para-hydroxylation sites is 5. The van der Waals surface area contributed by atoms with Gasteiger partial charge in [-0.2, -0.15) is 0 Å². The summed E-state index contributed by atoms with van der Waals surface area (Å²) in [6.07, 6.45) is 8.73. The molecular formula is C56H39N5. The van der Waals surface area contributed by atoms with Gasteiger partial charge in [0.05, 0.1) is 33.3 Å². The van der Waals surface area contributed by atoms with Crippen LogP contribution in [0, 0.1) is 0 Å². The van der Waals surface area contributed by atoms with E-state index in [0.717, 1.165) is 80.2 Å². The van der Waals surface area contributed by atoms with Crippen molar-refractivity contribution in [2.24, 2.45) is 0 Å². The molecule has 288 valence electrons. The molecule has 0 fully saturated rings. The van der Waals surface area contributed by atoms with E-state index in [4.69, 9.17) is 9.97 Å². The van der Waals surface area contributed by atoms with E-state index in [2.05, 4.69) is 226 Å². The fourth-order valence-electron chi connectivity index (χ4n) is 9.37. The largest absolute Gasteiger partial charge is 0.313 e. The van der Waals surface area contributed by atoms with Gasteiger partial charge in [-0.15, -0.1) is 0 Å². The number of anilines is 3. The normalized spacial score (nSPS) is 12.8. The van der Waals surface area contributed by atoms with Crippen molar-refractivity contribution in [2.75, 3.05) is 4.90 Å². The van der Waals surface area contributed by atoms with Crippen LogP contribution in [0.5, 0.6) is 0 Å². The van der Waals surface area contributed by atoms with Crippen LogP contribution in [0.25, 0.3) is 88.5 Å². The molecule has 0 aliphatic heterocycles. The Morgan fingerprint density at radius 2 is 1.00 bits per heavy atom. The van der Waals surface area contributed by atoms with Crippen LogP contribution in [0.4, 0.5) is 17.1 Å². The first-order chi connectivity index (χ1) is 30.3. The van der Waals surface area contributed by atoms with Crippen molar-refractivity contribution in [1.82, 2.24) is 19.1 Å². The van der Waals surface area contributed by atoms with Crippen molar-refractivity contribution in [3.8, 4) is 28.3 Å². The molecule has 0 spiro atoms. The third-order valence-electron chi connectivity index (χ3n) is 12.2. The minimum Gasteiger partial charge on any atom is -0.313 e. The lowest BCUT2D eigenvalue weighted by Gasteiger charge is -2.25. The van der Waals surface area contributed by atoms with Gasteiger partial charge in [-0.25, -0.2) is 9.97 Å². The molecule has 5 nitrogen and oxygen atoms in total. The average Bonchev–Trinajstić information content (AvgIpc) is 3.85. The first-order valence-corrected chi connectivity index (χ1v) is 21.0.